The molecule has 116 valence electrons. The second-order valence-electron chi connectivity index (χ2n) is 4.60. The van der Waals surface area contributed by atoms with Gasteiger partial charge in [-0.05, 0) is 26.0 Å². The van der Waals surface area contributed by atoms with Gasteiger partial charge in [0.2, 0.25) is 6.79 Å². The molecule has 0 spiro atoms. The van der Waals surface area contributed by atoms with Gasteiger partial charge in [-0.25, -0.2) is 0 Å². The molecule has 0 aromatic heterocycles. The summed E-state index contributed by atoms with van der Waals surface area (Å²) in [4.78, 5) is 14.5. The zero-order valence-corrected chi connectivity index (χ0v) is 13.9. The van der Waals surface area contributed by atoms with E-state index in [1.54, 1.807) is 17.0 Å². The van der Waals surface area contributed by atoms with Crippen molar-refractivity contribution in [1.29, 1.82) is 0 Å². The van der Waals surface area contributed by atoms with E-state index in [1.165, 1.54) is 11.8 Å². The molecule has 3 rings (SSSR count). The van der Waals surface area contributed by atoms with Gasteiger partial charge in [0.15, 0.2) is 11.5 Å². The molecule has 2 heterocycles. The summed E-state index contributed by atoms with van der Waals surface area (Å²) in [5.41, 5.74) is 0.780. The van der Waals surface area contributed by atoms with E-state index in [-0.39, 0.29) is 12.7 Å². The first-order chi connectivity index (χ1) is 10.6. The van der Waals surface area contributed by atoms with E-state index in [1.807, 2.05) is 19.9 Å². The standard InChI is InChI=1S/C15H15NO4S2/c1-3-16-14(17)13(22-15(16)21)6-9-5-11-12(20-8-19-11)7-10(9)18-4-2/h5-7H,3-4,8H2,1-2H3/b13-6-. The van der Waals surface area contributed by atoms with Gasteiger partial charge in [-0.2, -0.15) is 0 Å². The summed E-state index contributed by atoms with van der Waals surface area (Å²) in [6, 6.07) is 3.62. The van der Waals surface area contributed by atoms with Crippen LogP contribution in [0.5, 0.6) is 17.2 Å². The van der Waals surface area contributed by atoms with Crippen molar-refractivity contribution in [3.63, 3.8) is 0 Å². The first kappa shape index (κ1) is 15.2. The highest BCUT2D eigenvalue weighted by Gasteiger charge is 2.31. The minimum Gasteiger partial charge on any atom is -0.493 e. The van der Waals surface area contributed by atoms with E-state index in [4.69, 9.17) is 26.4 Å². The number of carbonyl (C=O) groups excluding carboxylic acids is 1. The topological polar surface area (TPSA) is 48.0 Å². The fourth-order valence-electron chi connectivity index (χ4n) is 2.25. The summed E-state index contributed by atoms with van der Waals surface area (Å²) >= 11 is 6.53. The maximum atomic E-state index is 12.3. The predicted molar refractivity (Wildman–Crippen MR) is 89.3 cm³/mol. The number of amides is 1. The molecule has 1 aromatic carbocycles. The molecule has 0 unspecified atom stereocenters. The lowest BCUT2D eigenvalue weighted by Crippen LogP contribution is -2.27. The van der Waals surface area contributed by atoms with Crippen LogP contribution in [-0.4, -0.2) is 35.1 Å². The molecule has 1 saturated heterocycles. The van der Waals surface area contributed by atoms with Gasteiger partial charge < -0.3 is 14.2 Å². The number of rotatable bonds is 4. The zero-order valence-electron chi connectivity index (χ0n) is 12.3. The summed E-state index contributed by atoms with van der Waals surface area (Å²) in [5, 5.41) is 0. The van der Waals surface area contributed by atoms with Gasteiger partial charge in [-0.1, -0.05) is 24.0 Å². The molecule has 2 aliphatic rings. The molecule has 0 atom stereocenters. The quantitative estimate of drug-likeness (QED) is 0.622. The van der Waals surface area contributed by atoms with E-state index in [2.05, 4.69) is 0 Å². The first-order valence-electron chi connectivity index (χ1n) is 6.95. The van der Waals surface area contributed by atoms with Crippen LogP contribution in [0.25, 0.3) is 6.08 Å². The number of hydrogen-bond acceptors (Lipinski definition) is 6. The van der Waals surface area contributed by atoms with Crippen molar-refractivity contribution >= 4 is 40.3 Å². The fourth-order valence-corrected chi connectivity index (χ4v) is 3.62. The van der Waals surface area contributed by atoms with E-state index < -0.39 is 0 Å². The van der Waals surface area contributed by atoms with Crippen LogP contribution in [0.4, 0.5) is 0 Å². The van der Waals surface area contributed by atoms with E-state index in [0.717, 1.165) is 5.56 Å². The van der Waals surface area contributed by atoms with E-state index >= 15 is 0 Å². The average Bonchev–Trinajstić information content (AvgIpc) is 3.04. The number of benzene rings is 1. The third-order valence-electron chi connectivity index (χ3n) is 3.28. The molecule has 0 saturated carbocycles. The van der Waals surface area contributed by atoms with Gasteiger partial charge >= 0.3 is 0 Å². The fraction of sp³-hybridized carbons (Fsp3) is 0.333. The van der Waals surface area contributed by atoms with Crippen LogP contribution in [0.2, 0.25) is 0 Å². The Balaban J connectivity index is 1.99. The van der Waals surface area contributed by atoms with Crippen molar-refractivity contribution in [2.24, 2.45) is 0 Å². The Morgan fingerprint density at radius 1 is 1.36 bits per heavy atom. The largest absolute Gasteiger partial charge is 0.493 e. The highest BCUT2D eigenvalue weighted by Crippen LogP contribution is 2.41. The zero-order chi connectivity index (χ0) is 15.7. The smallest absolute Gasteiger partial charge is 0.266 e. The molecular weight excluding hydrogens is 322 g/mol. The van der Waals surface area contributed by atoms with Crippen molar-refractivity contribution in [1.82, 2.24) is 4.90 Å². The van der Waals surface area contributed by atoms with Crippen LogP contribution in [0.3, 0.4) is 0 Å². The highest BCUT2D eigenvalue weighted by molar-refractivity contribution is 8.26. The number of carbonyl (C=O) groups is 1. The van der Waals surface area contributed by atoms with Crippen molar-refractivity contribution in [3.8, 4) is 17.2 Å². The van der Waals surface area contributed by atoms with Gasteiger partial charge in [0, 0.05) is 18.2 Å². The van der Waals surface area contributed by atoms with Crippen LogP contribution < -0.4 is 14.2 Å². The number of ether oxygens (including phenoxy) is 3. The molecule has 0 aliphatic carbocycles. The predicted octanol–water partition coefficient (Wildman–Crippen LogP) is 3.04. The van der Waals surface area contributed by atoms with Crippen molar-refractivity contribution in [2.45, 2.75) is 13.8 Å². The van der Waals surface area contributed by atoms with Crippen molar-refractivity contribution in [3.05, 3.63) is 22.6 Å². The average molecular weight is 337 g/mol. The molecule has 2 aliphatic heterocycles. The molecule has 5 nitrogen and oxygen atoms in total. The normalized spacial score (nSPS) is 18.5. The highest BCUT2D eigenvalue weighted by atomic mass is 32.2. The van der Waals surface area contributed by atoms with E-state index in [0.29, 0.717) is 39.6 Å². The van der Waals surface area contributed by atoms with Gasteiger partial charge in [0.05, 0.1) is 11.5 Å². The molecular formula is C15H15NO4S2. The Kier molecular flexibility index (Phi) is 4.26. The lowest BCUT2D eigenvalue weighted by molar-refractivity contribution is -0.121. The van der Waals surface area contributed by atoms with Gasteiger partial charge in [0.1, 0.15) is 10.1 Å². The molecule has 22 heavy (non-hydrogen) atoms. The molecule has 7 heteroatoms. The molecule has 0 N–H and O–H groups in total. The Bertz CT molecular complexity index is 672. The number of likely N-dealkylation sites (N-methyl/N-ethyl adjacent to an activating group) is 1. The Labute approximate surface area is 138 Å². The Morgan fingerprint density at radius 3 is 2.73 bits per heavy atom. The molecule has 1 fully saturated rings. The summed E-state index contributed by atoms with van der Waals surface area (Å²) in [6.45, 7) is 5.10. The minimum atomic E-state index is -0.0717. The van der Waals surface area contributed by atoms with Crippen LogP contribution in [-0.2, 0) is 4.79 Å². The summed E-state index contributed by atoms with van der Waals surface area (Å²) in [5.74, 6) is 1.90. The molecule has 0 radical (unpaired) electrons. The Morgan fingerprint density at radius 2 is 2.09 bits per heavy atom. The molecule has 1 amide bonds. The summed E-state index contributed by atoms with van der Waals surface area (Å²) in [6.07, 6.45) is 1.79. The number of hydrogen-bond donors (Lipinski definition) is 0. The summed E-state index contributed by atoms with van der Waals surface area (Å²) in [7, 11) is 0. The van der Waals surface area contributed by atoms with Gasteiger partial charge in [0.25, 0.3) is 5.91 Å². The van der Waals surface area contributed by atoms with Gasteiger partial charge in [-0.3, -0.25) is 9.69 Å². The number of fused-ring (bicyclic) bond motifs is 1. The third kappa shape index (κ3) is 2.66. The van der Waals surface area contributed by atoms with Crippen molar-refractivity contribution < 1.29 is 19.0 Å². The van der Waals surface area contributed by atoms with Crippen LogP contribution in [0.1, 0.15) is 19.4 Å². The SMILES string of the molecule is CCOc1cc2c(cc1/C=C1\SC(=S)N(CC)C1=O)OCO2. The second kappa shape index (κ2) is 6.18. The van der Waals surface area contributed by atoms with Crippen LogP contribution in [0.15, 0.2) is 17.0 Å². The lowest BCUT2D eigenvalue weighted by Gasteiger charge is -2.10. The first-order valence-corrected chi connectivity index (χ1v) is 8.18. The maximum absolute atomic E-state index is 12.3. The number of nitrogens with zero attached hydrogens (tertiary/aromatic N) is 1. The minimum absolute atomic E-state index is 0.0717. The van der Waals surface area contributed by atoms with Crippen molar-refractivity contribution in [2.75, 3.05) is 19.9 Å². The maximum Gasteiger partial charge on any atom is 0.266 e. The van der Waals surface area contributed by atoms with Gasteiger partial charge in [-0.15, -0.1) is 0 Å². The third-order valence-corrected chi connectivity index (χ3v) is 4.66. The lowest BCUT2D eigenvalue weighted by atomic mass is 10.1. The monoisotopic (exact) mass is 337 g/mol. The number of thiocarbonyl (C=S) groups is 1. The molecule has 1 aromatic rings. The van der Waals surface area contributed by atoms with Crippen LogP contribution in [0, 0.1) is 0 Å². The summed E-state index contributed by atoms with van der Waals surface area (Å²) < 4.78 is 17.0. The Hall–Kier alpha value is -1.73. The van der Waals surface area contributed by atoms with E-state index in [9.17, 15) is 4.79 Å². The molecule has 0 bridgehead atoms. The second-order valence-corrected chi connectivity index (χ2v) is 6.28. The number of thioether (sulfide) groups is 1. The van der Waals surface area contributed by atoms with Crippen LogP contribution >= 0.6 is 24.0 Å².